The van der Waals surface area contributed by atoms with Gasteiger partial charge < -0.3 is 234 Å². The van der Waals surface area contributed by atoms with Crippen LogP contribution in [0.2, 0.25) is 0 Å². The highest BCUT2D eigenvalue weighted by Gasteiger charge is 2.61. The van der Waals surface area contributed by atoms with Crippen LogP contribution >= 0.6 is 0 Å². The van der Waals surface area contributed by atoms with Gasteiger partial charge in [-0.1, -0.05) is 0 Å². The lowest BCUT2D eigenvalue weighted by Crippen LogP contribution is -2.71. The van der Waals surface area contributed by atoms with Crippen molar-refractivity contribution in [3.8, 4) is 0 Å². The molecule has 29 N–H and O–H groups in total. The van der Waals surface area contributed by atoms with E-state index in [-0.39, 0.29) is 6.41 Å². The standard InChI is InChI=1S/C64H108N4O47/c1-16-32(81)40(89)44(93)60(100-16)115-55-42(91)34(83)22(7-71)106-64(55)112-52-31(68-19(4)80)58(103-25(10-74)37(52)86)114-54-39(88)28(14-99-56-29(66-17(2)78)50(35(84)23(8-72)101-56)110-61-45(94)41(90)33(82)21(6-70)104-61)108-63(48(54)97)111-51-30(67-18(3)79)57(102-24(9-73)36(51)85)113-53-38(87)26(11-75)105-62(47(53)96)109-49-27(12-76)107-59(46(95)43(49)92)98-13-20(5-69)65-15-77/h15-16,20-64,69-76,81-97H,5-14H2,1-4H3,(H,65,77)(H,66,78)(H,67,79)(H,68,80)/t16-,20+,21+,22+,23+,24+,25+,26+,27+,28+,29+,30+,31+,32+,33-,34-,35+,36+,37+,38-,39-,40+,41-,42-,43+,44-,45+,46+,47+,48+,49+,50+,51+,52+,53-,54-,55+,56+,57-,58-,59+,60-,61-,62-,63-,64-/m0/s1. The largest absolute Gasteiger partial charge is 0.394 e. The Kier molecular flexibility index (Phi) is 34.9. The van der Waals surface area contributed by atoms with Gasteiger partial charge in [0.25, 0.3) is 0 Å². The molecule has 0 unspecified atom stereocenters. The van der Waals surface area contributed by atoms with Gasteiger partial charge in [-0.3, -0.25) is 19.2 Å². The van der Waals surface area contributed by atoms with Crippen molar-refractivity contribution in [2.75, 3.05) is 66.1 Å². The highest BCUT2D eigenvalue weighted by Crippen LogP contribution is 2.40. The molecule has 0 saturated carbocycles. The number of carbonyl (C=O) groups is 4. The van der Waals surface area contributed by atoms with Gasteiger partial charge in [-0.2, -0.15) is 0 Å². The molecule has 9 fully saturated rings. The van der Waals surface area contributed by atoms with Crippen molar-refractivity contribution in [3.05, 3.63) is 0 Å². The lowest BCUT2D eigenvalue weighted by atomic mass is 9.93. The summed E-state index contributed by atoms with van der Waals surface area (Å²) in [4.78, 5) is 51.0. The van der Waals surface area contributed by atoms with Crippen LogP contribution in [0.25, 0.3) is 0 Å². The number of ether oxygens (including phenoxy) is 18. The predicted molar refractivity (Wildman–Crippen MR) is 354 cm³/mol. The van der Waals surface area contributed by atoms with Crippen molar-refractivity contribution in [3.63, 3.8) is 0 Å². The fourth-order valence-corrected chi connectivity index (χ4v) is 14.6. The molecule has 9 aliphatic heterocycles. The third-order valence-corrected chi connectivity index (χ3v) is 20.9. The van der Waals surface area contributed by atoms with Crippen molar-refractivity contribution >= 4 is 24.1 Å². The molecule has 0 bridgehead atoms. The third-order valence-electron chi connectivity index (χ3n) is 20.9. The minimum atomic E-state index is -2.60. The average Bonchev–Trinajstić information content (AvgIpc) is 0.762. The van der Waals surface area contributed by atoms with Crippen molar-refractivity contribution in [2.24, 2.45) is 0 Å². The first-order valence-electron chi connectivity index (χ1n) is 36.7. The normalized spacial score (nSPS) is 48.2. The minimum Gasteiger partial charge on any atom is -0.394 e. The van der Waals surface area contributed by atoms with E-state index in [9.17, 15) is 147 Å². The van der Waals surface area contributed by atoms with E-state index in [4.69, 9.17) is 85.3 Å². The van der Waals surface area contributed by atoms with Gasteiger partial charge in [0.2, 0.25) is 24.1 Å². The van der Waals surface area contributed by atoms with Crippen molar-refractivity contribution in [1.29, 1.82) is 0 Å². The van der Waals surface area contributed by atoms with Crippen LogP contribution in [-0.4, -0.2) is 500 Å². The number of rotatable bonds is 33. The van der Waals surface area contributed by atoms with Crippen molar-refractivity contribution in [2.45, 2.75) is 310 Å². The second-order valence-electron chi connectivity index (χ2n) is 28.9. The first kappa shape index (κ1) is 95.0. The molecular formula is C64H108N4O47. The Balaban J connectivity index is 1.07. The molecule has 9 heterocycles. The number of aliphatic hydroxyl groups excluding tert-OH is 25. The molecule has 0 aromatic carbocycles. The molecule has 51 heteroatoms. The Morgan fingerprint density at radius 3 is 1.04 bits per heavy atom. The summed E-state index contributed by atoms with van der Waals surface area (Å²) in [7, 11) is 0. The van der Waals surface area contributed by atoms with Crippen molar-refractivity contribution < 1.29 is 232 Å². The maximum absolute atomic E-state index is 13.4. The number of nitrogens with one attached hydrogen (secondary N) is 4. The molecule has 666 valence electrons. The van der Waals surface area contributed by atoms with Gasteiger partial charge in [-0.25, -0.2) is 0 Å². The molecule has 115 heavy (non-hydrogen) atoms. The van der Waals surface area contributed by atoms with Crippen LogP contribution in [0.15, 0.2) is 0 Å². The Bertz CT molecular complexity index is 3010. The second kappa shape index (κ2) is 42.3. The van der Waals surface area contributed by atoms with Crippen LogP contribution in [0.4, 0.5) is 0 Å². The molecule has 0 aromatic heterocycles. The van der Waals surface area contributed by atoms with E-state index in [0.29, 0.717) is 0 Å². The molecule has 9 rings (SSSR count). The van der Waals surface area contributed by atoms with Crippen molar-refractivity contribution in [1.82, 2.24) is 21.3 Å². The van der Waals surface area contributed by atoms with Gasteiger partial charge in [0.05, 0.1) is 78.2 Å². The molecule has 0 aromatic rings. The fourth-order valence-electron chi connectivity index (χ4n) is 14.6. The zero-order valence-electron chi connectivity index (χ0n) is 61.9. The van der Waals surface area contributed by atoms with Gasteiger partial charge in [0.15, 0.2) is 56.6 Å². The number of carbonyl (C=O) groups excluding carboxylic acids is 4. The van der Waals surface area contributed by atoms with Crippen LogP contribution in [0.3, 0.4) is 0 Å². The number of amides is 4. The molecule has 4 amide bonds. The van der Waals surface area contributed by atoms with E-state index >= 15 is 0 Å². The summed E-state index contributed by atoms with van der Waals surface area (Å²) in [5, 5.41) is 287. The molecule has 9 aliphatic rings. The monoisotopic (exact) mass is 1680 g/mol. The van der Waals surface area contributed by atoms with Gasteiger partial charge in [0, 0.05) is 20.8 Å². The maximum Gasteiger partial charge on any atom is 0.217 e. The summed E-state index contributed by atoms with van der Waals surface area (Å²) in [5.41, 5.74) is 0. The Morgan fingerprint density at radius 1 is 0.304 bits per heavy atom. The summed E-state index contributed by atoms with van der Waals surface area (Å²) < 4.78 is 107. The highest BCUT2D eigenvalue weighted by atomic mass is 16.8. The van der Waals surface area contributed by atoms with E-state index in [2.05, 4.69) is 21.3 Å². The molecule has 46 atom stereocenters. The van der Waals surface area contributed by atoms with Gasteiger partial charge in [-0.15, -0.1) is 0 Å². The predicted octanol–water partition coefficient (Wildman–Crippen LogP) is -20.0. The Hall–Kier alpha value is -3.84. The minimum absolute atomic E-state index is 0.240. The zero-order valence-corrected chi connectivity index (χ0v) is 61.9. The van der Waals surface area contributed by atoms with Crippen LogP contribution in [0.5, 0.6) is 0 Å². The van der Waals surface area contributed by atoms with Crippen LogP contribution < -0.4 is 21.3 Å². The van der Waals surface area contributed by atoms with Gasteiger partial charge >= 0.3 is 0 Å². The van der Waals surface area contributed by atoms with Crippen LogP contribution in [0.1, 0.15) is 27.7 Å². The first-order valence-corrected chi connectivity index (χ1v) is 36.7. The van der Waals surface area contributed by atoms with Gasteiger partial charge in [-0.05, 0) is 6.92 Å². The SMILES string of the molecule is CC(=O)N[C@H]1[C@H](OC[C@H]2O[C@@H](O[C@H]3[C@H](O)[C@@H](CO)O[C@@H](O[C@H]4[C@@H](O)[C@@H](CO)O[C@@H](O[C@H]5[C@H](O)[C@@H](O)[C@H](OC[C@@H](CO)NC=O)O[C@@H]5CO)[C@@H]4O)[C@@H]3NC(C)=O)[C@H](O)[C@@H](O[C@@H]3O[C@H](CO)[C@@H](O)[C@H](O[C@@H]4O[C@H](CO)[C@H](O)[C@H](O)[C@H]4O[C@@H]4O[C@@H](C)[C@@H](O)[C@@H](O)[C@@H]4O)[C@H]3NC(C)=O)[C@H]2O)O[C@H](CO)[C@@H](O)[C@@H]1O[C@@H]1O[C@H](CO)[C@H](O)[C@H](O)[C@H]1O. The number of hydrogen-bond donors (Lipinski definition) is 29. The summed E-state index contributed by atoms with van der Waals surface area (Å²) in [6.45, 7) is -6.01. The number of hydrogen-bond acceptors (Lipinski definition) is 47. The third kappa shape index (κ3) is 21.4. The van der Waals surface area contributed by atoms with E-state index in [1.807, 2.05) is 0 Å². The lowest BCUT2D eigenvalue weighted by molar-refractivity contribution is -0.392. The zero-order chi connectivity index (χ0) is 84.6. The summed E-state index contributed by atoms with van der Waals surface area (Å²) in [6, 6.07) is -7.02. The lowest BCUT2D eigenvalue weighted by Gasteiger charge is -2.51. The van der Waals surface area contributed by atoms with Crippen LogP contribution in [0, 0.1) is 0 Å². The topological polar surface area (TPSA) is 788 Å². The van der Waals surface area contributed by atoms with E-state index < -0.39 is 366 Å². The summed E-state index contributed by atoms with van der Waals surface area (Å²) in [6.07, 6.45) is -86.6. The van der Waals surface area contributed by atoms with E-state index in [1.54, 1.807) is 0 Å². The smallest absolute Gasteiger partial charge is 0.217 e. The highest BCUT2D eigenvalue weighted by molar-refractivity contribution is 5.74. The molecule has 0 spiro atoms. The summed E-state index contributed by atoms with van der Waals surface area (Å²) >= 11 is 0. The number of aliphatic hydroxyl groups is 25. The fraction of sp³-hybridized carbons (Fsp3) is 0.938. The Labute approximate surface area is 651 Å². The second-order valence-corrected chi connectivity index (χ2v) is 28.9. The molecule has 9 saturated heterocycles. The van der Waals surface area contributed by atoms with E-state index in [1.165, 1.54) is 6.92 Å². The first-order chi connectivity index (χ1) is 54.5. The van der Waals surface area contributed by atoms with E-state index in [0.717, 1.165) is 20.8 Å². The quantitative estimate of drug-likeness (QED) is 0.0271. The van der Waals surface area contributed by atoms with Crippen LogP contribution in [-0.2, 0) is 104 Å². The average molecular weight is 1690 g/mol. The molecular weight excluding hydrogens is 1580 g/mol. The molecule has 0 aliphatic carbocycles. The van der Waals surface area contributed by atoms with Gasteiger partial charge in [0.1, 0.15) is 213 Å². The summed E-state index contributed by atoms with van der Waals surface area (Å²) in [5.74, 6) is -2.98. The molecule has 0 radical (unpaired) electrons. The molecule has 51 nitrogen and oxygen atoms in total. The maximum atomic E-state index is 13.4. The Morgan fingerprint density at radius 2 is 0.609 bits per heavy atom.